The number of carboxylic acid groups (broad SMARTS) is 1. The average Bonchev–Trinajstić information content (AvgIpc) is 2.34. The molecule has 0 aliphatic carbocycles. The van der Waals surface area contributed by atoms with Gasteiger partial charge >= 0.3 is 5.97 Å². The minimum atomic E-state index is -1.03. The second-order valence-corrected chi connectivity index (χ2v) is 4.08. The standard InChI is InChI=1S/C13H17NO4/c1-9-2-4-10(5-3-9)11(13(17)18)8-12(16)14-6-7-15/h2-5,11,15H,6-8H2,1H3,(H,14,16)(H,17,18). The zero-order chi connectivity index (χ0) is 13.5. The zero-order valence-electron chi connectivity index (χ0n) is 10.2. The number of aryl methyl sites for hydroxylation is 1. The first kappa shape index (κ1) is 14.2. The topological polar surface area (TPSA) is 86.6 Å². The van der Waals surface area contributed by atoms with E-state index < -0.39 is 11.9 Å². The summed E-state index contributed by atoms with van der Waals surface area (Å²) in [5, 5.41) is 20.2. The summed E-state index contributed by atoms with van der Waals surface area (Å²) in [5.74, 6) is -2.26. The van der Waals surface area contributed by atoms with E-state index >= 15 is 0 Å². The smallest absolute Gasteiger partial charge is 0.311 e. The van der Waals surface area contributed by atoms with E-state index in [1.54, 1.807) is 12.1 Å². The first-order valence-electron chi connectivity index (χ1n) is 5.71. The van der Waals surface area contributed by atoms with Crippen LogP contribution in [0.2, 0.25) is 0 Å². The summed E-state index contributed by atoms with van der Waals surface area (Å²) in [5.41, 5.74) is 1.64. The van der Waals surface area contributed by atoms with Crippen LogP contribution in [0.15, 0.2) is 24.3 Å². The number of aliphatic hydroxyl groups excluding tert-OH is 1. The predicted molar refractivity (Wildman–Crippen MR) is 66.3 cm³/mol. The molecule has 0 heterocycles. The van der Waals surface area contributed by atoms with E-state index in [4.69, 9.17) is 10.2 Å². The molecule has 5 heteroatoms. The number of rotatable bonds is 6. The number of aliphatic hydroxyl groups is 1. The average molecular weight is 251 g/mol. The Balaban J connectivity index is 2.74. The molecular formula is C13H17NO4. The van der Waals surface area contributed by atoms with Gasteiger partial charge in [-0.3, -0.25) is 9.59 Å². The molecule has 0 radical (unpaired) electrons. The number of carbonyl (C=O) groups is 2. The molecule has 98 valence electrons. The van der Waals surface area contributed by atoms with Crippen molar-refractivity contribution in [1.82, 2.24) is 5.32 Å². The fraction of sp³-hybridized carbons (Fsp3) is 0.385. The van der Waals surface area contributed by atoms with Gasteiger partial charge in [-0.2, -0.15) is 0 Å². The summed E-state index contributed by atoms with van der Waals surface area (Å²) >= 11 is 0. The third-order valence-electron chi connectivity index (χ3n) is 2.60. The summed E-state index contributed by atoms with van der Waals surface area (Å²) in [6.45, 7) is 1.89. The SMILES string of the molecule is Cc1ccc(C(CC(=O)NCCO)C(=O)O)cc1. The van der Waals surface area contributed by atoms with Crippen molar-refractivity contribution in [3.05, 3.63) is 35.4 Å². The lowest BCUT2D eigenvalue weighted by molar-refractivity contribution is -0.140. The Kier molecular flexibility index (Phi) is 5.32. The van der Waals surface area contributed by atoms with Gasteiger partial charge in [0.2, 0.25) is 5.91 Å². The molecule has 0 saturated carbocycles. The normalized spacial score (nSPS) is 11.9. The van der Waals surface area contributed by atoms with Gasteiger partial charge < -0.3 is 15.5 Å². The monoisotopic (exact) mass is 251 g/mol. The van der Waals surface area contributed by atoms with Gasteiger partial charge in [0.25, 0.3) is 0 Å². The summed E-state index contributed by atoms with van der Waals surface area (Å²) in [6, 6.07) is 7.06. The maximum absolute atomic E-state index is 11.5. The van der Waals surface area contributed by atoms with Crippen molar-refractivity contribution in [2.75, 3.05) is 13.2 Å². The van der Waals surface area contributed by atoms with Gasteiger partial charge in [0.05, 0.1) is 12.5 Å². The van der Waals surface area contributed by atoms with Crippen molar-refractivity contribution in [3.63, 3.8) is 0 Å². The van der Waals surface area contributed by atoms with Gasteiger partial charge in [-0.25, -0.2) is 0 Å². The molecule has 0 aliphatic rings. The van der Waals surface area contributed by atoms with Gasteiger partial charge in [0, 0.05) is 13.0 Å². The molecule has 1 aromatic rings. The van der Waals surface area contributed by atoms with E-state index in [0.717, 1.165) is 5.56 Å². The Labute approximate surface area is 105 Å². The van der Waals surface area contributed by atoms with Crippen molar-refractivity contribution >= 4 is 11.9 Å². The molecule has 1 unspecified atom stereocenters. The third kappa shape index (κ3) is 4.18. The van der Waals surface area contributed by atoms with Crippen LogP contribution in [-0.2, 0) is 9.59 Å². The lowest BCUT2D eigenvalue weighted by Crippen LogP contribution is -2.29. The van der Waals surface area contributed by atoms with Gasteiger partial charge in [0.15, 0.2) is 0 Å². The molecule has 0 bridgehead atoms. The maximum Gasteiger partial charge on any atom is 0.311 e. The Morgan fingerprint density at radius 1 is 1.28 bits per heavy atom. The first-order valence-corrected chi connectivity index (χ1v) is 5.71. The van der Waals surface area contributed by atoms with Crippen LogP contribution in [0.1, 0.15) is 23.5 Å². The van der Waals surface area contributed by atoms with Crippen LogP contribution >= 0.6 is 0 Å². The van der Waals surface area contributed by atoms with Crippen LogP contribution in [0, 0.1) is 6.92 Å². The second kappa shape index (κ2) is 6.76. The van der Waals surface area contributed by atoms with Crippen molar-refractivity contribution < 1.29 is 19.8 Å². The Bertz CT molecular complexity index is 414. The van der Waals surface area contributed by atoms with Gasteiger partial charge in [-0.15, -0.1) is 0 Å². The lowest BCUT2D eigenvalue weighted by atomic mass is 9.95. The van der Waals surface area contributed by atoms with Gasteiger partial charge in [-0.05, 0) is 12.5 Å². The molecule has 1 aromatic carbocycles. The molecule has 0 saturated heterocycles. The highest BCUT2D eigenvalue weighted by Gasteiger charge is 2.22. The van der Waals surface area contributed by atoms with Crippen LogP contribution in [0.3, 0.4) is 0 Å². The number of nitrogens with one attached hydrogen (secondary N) is 1. The molecule has 0 fully saturated rings. The van der Waals surface area contributed by atoms with Crippen LogP contribution in [0.25, 0.3) is 0 Å². The Morgan fingerprint density at radius 3 is 2.39 bits per heavy atom. The first-order chi connectivity index (χ1) is 8.54. The molecule has 1 amide bonds. The molecule has 1 atom stereocenters. The van der Waals surface area contributed by atoms with E-state index in [1.807, 2.05) is 19.1 Å². The van der Waals surface area contributed by atoms with E-state index in [2.05, 4.69) is 5.32 Å². The van der Waals surface area contributed by atoms with E-state index in [1.165, 1.54) is 0 Å². The lowest BCUT2D eigenvalue weighted by Gasteiger charge is -2.12. The molecule has 0 spiro atoms. The van der Waals surface area contributed by atoms with E-state index in [-0.39, 0.29) is 25.5 Å². The number of hydrogen-bond donors (Lipinski definition) is 3. The molecule has 1 rings (SSSR count). The Hall–Kier alpha value is -1.88. The quantitative estimate of drug-likeness (QED) is 0.693. The summed E-state index contributed by atoms with van der Waals surface area (Å²) in [7, 11) is 0. The highest BCUT2D eigenvalue weighted by atomic mass is 16.4. The van der Waals surface area contributed by atoms with Gasteiger partial charge in [-0.1, -0.05) is 29.8 Å². The van der Waals surface area contributed by atoms with Gasteiger partial charge in [0.1, 0.15) is 0 Å². The fourth-order valence-corrected chi connectivity index (χ4v) is 1.60. The number of carboxylic acids is 1. The molecule has 18 heavy (non-hydrogen) atoms. The second-order valence-electron chi connectivity index (χ2n) is 4.08. The minimum Gasteiger partial charge on any atom is -0.481 e. The molecule has 5 nitrogen and oxygen atoms in total. The molecule has 0 aliphatic heterocycles. The fourth-order valence-electron chi connectivity index (χ4n) is 1.60. The molecular weight excluding hydrogens is 234 g/mol. The summed E-state index contributed by atoms with van der Waals surface area (Å²) < 4.78 is 0. The number of benzene rings is 1. The molecule has 0 aromatic heterocycles. The largest absolute Gasteiger partial charge is 0.481 e. The number of aliphatic carboxylic acids is 1. The maximum atomic E-state index is 11.5. The molecule has 3 N–H and O–H groups in total. The highest BCUT2D eigenvalue weighted by Crippen LogP contribution is 2.20. The van der Waals surface area contributed by atoms with Crippen LogP contribution in [-0.4, -0.2) is 35.2 Å². The van der Waals surface area contributed by atoms with Crippen LogP contribution in [0.4, 0.5) is 0 Å². The Morgan fingerprint density at radius 2 is 1.89 bits per heavy atom. The van der Waals surface area contributed by atoms with Crippen molar-refractivity contribution in [2.24, 2.45) is 0 Å². The van der Waals surface area contributed by atoms with Crippen molar-refractivity contribution in [3.8, 4) is 0 Å². The van der Waals surface area contributed by atoms with Crippen LogP contribution in [0.5, 0.6) is 0 Å². The number of hydrogen-bond acceptors (Lipinski definition) is 3. The van der Waals surface area contributed by atoms with E-state index in [9.17, 15) is 9.59 Å². The summed E-state index contributed by atoms with van der Waals surface area (Å²) in [4.78, 5) is 22.6. The van der Waals surface area contributed by atoms with Crippen molar-refractivity contribution in [1.29, 1.82) is 0 Å². The van der Waals surface area contributed by atoms with Crippen molar-refractivity contribution in [2.45, 2.75) is 19.3 Å². The minimum absolute atomic E-state index is 0.127. The number of amides is 1. The predicted octanol–water partition coefficient (Wildman–Crippen LogP) is 0.662. The van der Waals surface area contributed by atoms with E-state index in [0.29, 0.717) is 5.56 Å². The van der Waals surface area contributed by atoms with Crippen LogP contribution < -0.4 is 5.32 Å². The zero-order valence-corrected chi connectivity index (χ0v) is 10.2. The third-order valence-corrected chi connectivity index (χ3v) is 2.60. The summed E-state index contributed by atoms with van der Waals surface area (Å²) in [6.07, 6.45) is -0.127. The number of carbonyl (C=O) groups excluding carboxylic acids is 1. The highest BCUT2D eigenvalue weighted by molar-refractivity contribution is 5.85.